The van der Waals surface area contributed by atoms with Crippen LogP contribution in [0.25, 0.3) is 0 Å². The lowest BCUT2D eigenvalue weighted by Crippen LogP contribution is -2.22. The molecule has 8 heteroatoms. The van der Waals surface area contributed by atoms with Crippen LogP contribution in [0.4, 0.5) is 0 Å². The van der Waals surface area contributed by atoms with Crippen LogP contribution in [0.2, 0.25) is 9.49 Å². The van der Waals surface area contributed by atoms with E-state index in [1.54, 1.807) is 24.3 Å². The summed E-state index contributed by atoms with van der Waals surface area (Å²) in [4.78, 5) is 3.70. The molecule has 2 rings (SSSR count). The molecule has 4 nitrogen and oxygen atoms in total. The molecule has 0 aliphatic heterocycles. The molecule has 2 aromatic rings. The highest BCUT2D eigenvalue weighted by atomic mass is 35.5. The Morgan fingerprint density at radius 1 is 1.33 bits per heavy atom. The Kier molecular flexibility index (Phi) is 4.24. The lowest BCUT2D eigenvalue weighted by atomic mass is 10.2. The van der Waals surface area contributed by atoms with Crippen molar-refractivity contribution in [1.29, 1.82) is 0 Å². The fourth-order valence-electron chi connectivity index (χ4n) is 1.26. The summed E-state index contributed by atoms with van der Waals surface area (Å²) in [5.74, 6) is 0. The van der Waals surface area contributed by atoms with Gasteiger partial charge in [-0.05, 0) is 17.7 Å². The van der Waals surface area contributed by atoms with Crippen molar-refractivity contribution in [1.82, 2.24) is 9.71 Å². The molecular weight excluding hydrogens is 315 g/mol. The van der Waals surface area contributed by atoms with E-state index >= 15 is 0 Å². The Hall–Kier alpha value is -0.660. The molecule has 0 aliphatic carbocycles. The topological polar surface area (TPSA) is 59.1 Å². The van der Waals surface area contributed by atoms with Crippen molar-refractivity contribution in [3.8, 4) is 0 Å². The van der Waals surface area contributed by atoms with Crippen LogP contribution in [0, 0.1) is 0 Å². The standard InChI is InChI=1S/C10H8Cl2N2O2S2/c11-8-3-1-2-7(4-8)5-14-18(15,16)9-6-13-10(12)17-9/h1-4,6,14H,5H2. The van der Waals surface area contributed by atoms with Crippen molar-refractivity contribution in [2.75, 3.05) is 0 Å². The summed E-state index contributed by atoms with van der Waals surface area (Å²) in [5.41, 5.74) is 0.779. The largest absolute Gasteiger partial charge is 0.252 e. The third-order valence-corrected chi connectivity index (χ3v) is 5.29. The van der Waals surface area contributed by atoms with Crippen molar-refractivity contribution < 1.29 is 8.42 Å². The van der Waals surface area contributed by atoms with E-state index in [0.717, 1.165) is 16.9 Å². The molecule has 1 heterocycles. The minimum Gasteiger partial charge on any atom is -0.232 e. The summed E-state index contributed by atoms with van der Waals surface area (Å²) in [6, 6.07) is 6.97. The lowest BCUT2D eigenvalue weighted by Gasteiger charge is -2.04. The first-order chi connectivity index (χ1) is 8.47. The summed E-state index contributed by atoms with van der Waals surface area (Å²) >= 11 is 12.3. The molecule has 0 atom stereocenters. The fourth-order valence-corrected chi connectivity index (χ4v) is 3.83. The molecule has 0 bridgehead atoms. The lowest BCUT2D eigenvalue weighted by molar-refractivity contribution is 0.583. The first kappa shape index (κ1) is 13.8. The van der Waals surface area contributed by atoms with Crippen LogP contribution in [-0.2, 0) is 16.6 Å². The van der Waals surface area contributed by atoms with E-state index in [0.29, 0.717) is 5.02 Å². The van der Waals surface area contributed by atoms with E-state index in [1.165, 1.54) is 6.20 Å². The van der Waals surface area contributed by atoms with Crippen molar-refractivity contribution in [2.45, 2.75) is 10.8 Å². The van der Waals surface area contributed by atoms with Gasteiger partial charge < -0.3 is 0 Å². The van der Waals surface area contributed by atoms with Gasteiger partial charge in [0.1, 0.15) is 0 Å². The van der Waals surface area contributed by atoms with Crippen LogP contribution in [0.1, 0.15) is 5.56 Å². The second-order valence-corrected chi connectivity index (χ2v) is 7.43. The highest BCUT2D eigenvalue weighted by Gasteiger charge is 2.17. The number of aromatic nitrogens is 1. The molecule has 0 aliphatic rings. The van der Waals surface area contributed by atoms with Crippen molar-refractivity contribution in [3.05, 3.63) is 45.5 Å². The molecule has 0 radical (unpaired) electrons. The number of hydrogen-bond acceptors (Lipinski definition) is 4. The zero-order valence-electron chi connectivity index (χ0n) is 8.93. The molecule has 0 spiro atoms. The van der Waals surface area contributed by atoms with Crippen LogP contribution in [0.3, 0.4) is 0 Å². The Morgan fingerprint density at radius 3 is 2.72 bits per heavy atom. The first-order valence-electron chi connectivity index (χ1n) is 4.83. The maximum absolute atomic E-state index is 11.9. The number of nitrogens with one attached hydrogen (secondary N) is 1. The minimum atomic E-state index is -3.57. The second kappa shape index (κ2) is 5.54. The van der Waals surface area contributed by atoms with Gasteiger partial charge in [0.2, 0.25) is 0 Å². The highest BCUT2D eigenvalue weighted by Crippen LogP contribution is 2.22. The van der Waals surface area contributed by atoms with Gasteiger partial charge >= 0.3 is 0 Å². The molecule has 1 N–H and O–H groups in total. The average Bonchev–Trinajstić information content (AvgIpc) is 2.74. The van der Waals surface area contributed by atoms with Gasteiger partial charge in [-0.3, -0.25) is 0 Å². The van der Waals surface area contributed by atoms with Gasteiger partial charge in [-0.2, -0.15) is 0 Å². The zero-order chi connectivity index (χ0) is 13.2. The molecule has 0 saturated carbocycles. The first-order valence-corrected chi connectivity index (χ1v) is 7.88. The molecule has 18 heavy (non-hydrogen) atoms. The monoisotopic (exact) mass is 322 g/mol. The summed E-state index contributed by atoms with van der Waals surface area (Å²) in [6.45, 7) is 0.165. The zero-order valence-corrected chi connectivity index (χ0v) is 12.1. The molecular formula is C10H8Cl2N2O2S2. The number of benzene rings is 1. The Balaban J connectivity index is 2.10. The number of halogens is 2. The predicted octanol–water partition coefficient (Wildman–Crippen LogP) is 2.93. The fraction of sp³-hybridized carbons (Fsp3) is 0.100. The number of rotatable bonds is 4. The van der Waals surface area contributed by atoms with Crippen LogP contribution in [-0.4, -0.2) is 13.4 Å². The second-order valence-electron chi connectivity index (χ2n) is 3.39. The van der Waals surface area contributed by atoms with Gasteiger partial charge in [0, 0.05) is 11.6 Å². The quantitative estimate of drug-likeness (QED) is 0.941. The van der Waals surface area contributed by atoms with Gasteiger partial charge in [0.15, 0.2) is 8.68 Å². The van der Waals surface area contributed by atoms with E-state index in [9.17, 15) is 8.42 Å². The smallest absolute Gasteiger partial charge is 0.232 e. The van der Waals surface area contributed by atoms with E-state index in [1.807, 2.05) is 0 Å². The molecule has 1 aromatic heterocycles. The Bertz CT molecular complexity index is 655. The van der Waals surface area contributed by atoms with Crippen LogP contribution < -0.4 is 4.72 Å². The van der Waals surface area contributed by atoms with Crippen molar-refractivity contribution in [2.24, 2.45) is 0 Å². The van der Waals surface area contributed by atoms with E-state index in [-0.39, 0.29) is 15.2 Å². The summed E-state index contributed by atoms with van der Waals surface area (Å²) in [7, 11) is -3.57. The predicted molar refractivity (Wildman–Crippen MR) is 72.6 cm³/mol. The molecule has 0 amide bonds. The number of nitrogens with zero attached hydrogens (tertiary/aromatic N) is 1. The SMILES string of the molecule is O=S(=O)(NCc1cccc(Cl)c1)c1cnc(Cl)s1. The van der Waals surface area contributed by atoms with E-state index in [2.05, 4.69) is 9.71 Å². The minimum absolute atomic E-state index is 0.0922. The molecule has 1 aromatic carbocycles. The van der Waals surface area contributed by atoms with Gasteiger partial charge in [0.25, 0.3) is 10.0 Å². The Morgan fingerprint density at radius 2 is 2.11 bits per heavy atom. The van der Waals surface area contributed by atoms with E-state index < -0.39 is 10.0 Å². The summed E-state index contributed by atoms with van der Waals surface area (Å²) in [5, 5.41) is 0.563. The summed E-state index contributed by atoms with van der Waals surface area (Å²) < 4.78 is 26.5. The van der Waals surface area contributed by atoms with Crippen LogP contribution in [0.15, 0.2) is 34.7 Å². The third-order valence-electron chi connectivity index (χ3n) is 2.08. The van der Waals surface area contributed by atoms with Crippen LogP contribution >= 0.6 is 34.5 Å². The van der Waals surface area contributed by atoms with Gasteiger partial charge in [-0.1, -0.05) is 46.7 Å². The number of sulfonamides is 1. The molecule has 0 fully saturated rings. The highest BCUT2D eigenvalue weighted by molar-refractivity contribution is 7.91. The molecule has 96 valence electrons. The van der Waals surface area contributed by atoms with Gasteiger partial charge in [-0.15, -0.1) is 0 Å². The van der Waals surface area contributed by atoms with Gasteiger partial charge in [-0.25, -0.2) is 18.1 Å². The number of thiazole rings is 1. The number of hydrogen-bond donors (Lipinski definition) is 1. The molecule has 0 unspecified atom stereocenters. The van der Waals surface area contributed by atoms with Crippen molar-refractivity contribution in [3.63, 3.8) is 0 Å². The normalized spacial score (nSPS) is 11.7. The van der Waals surface area contributed by atoms with Gasteiger partial charge in [0.05, 0.1) is 6.20 Å². The van der Waals surface area contributed by atoms with Crippen LogP contribution in [0.5, 0.6) is 0 Å². The van der Waals surface area contributed by atoms with Crippen molar-refractivity contribution >= 4 is 44.6 Å². The van der Waals surface area contributed by atoms with E-state index in [4.69, 9.17) is 23.2 Å². The maximum Gasteiger partial charge on any atom is 0.252 e. The average molecular weight is 323 g/mol. The Labute approximate surface area is 119 Å². The maximum atomic E-state index is 11.9. The molecule has 0 saturated heterocycles. The third kappa shape index (κ3) is 3.43. The summed E-state index contributed by atoms with van der Waals surface area (Å²) in [6.07, 6.45) is 1.23.